The maximum absolute atomic E-state index is 12.7. The van der Waals surface area contributed by atoms with Gasteiger partial charge < -0.3 is 15.4 Å². The Kier molecular flexibility index (Phi) is 4.94. The second-order valence-corrected chi connectivity index (χ2v) is 6.72. The number of carbonyl (C=O) groups is 3. The highest BCUT2D eigenvalue weighted by atomic mass is 32.1. The Balaban J connectivity index is 1.72. The van der Waals surface area contributed by atoms with E-state index in [2.05, 4.69) is 10.6 Å². The van der Waals surface area contributed by atoms with E-state index >= 15 is 0 Å². The lowest BCUT2D eigenvalue weighted by Gasteiger charge is -2.20. The minimum Gasteiger partial charge on any atom is -0.492 e. The maximum Gasteiger partial charge on any atom is 0.325 e. The highest BCUT2D eigenvalue weighted by molar-refractivity contribution is 7.08. The number of rotatable bonds is 6. The van der Waals surface area contributed by atoms with Gasteiger partial charge in [-0.1, -0.05) is 12.1 Å². The molecule has 1 fully saturated rings. The van der Waals surface area contributed by atoms with Gasteiger partial charge in [0.2, 0.25) is 5.91 Å². The van der Waals surface area contributed by atoms with Crippen LogP contribution in [0.3, 0.4) is 0 Å². The van der Waals surface area contributed by atoms with Gasteiger partial charge in [0.15, 0.2) is 0 Å². The first-order chi connectivity index (χ1) is 12.5. The molecular weight excluding hydrogens is 354 g/mol. The summed E-state index contributed by atoms with van der Waals surface area (Å²) in [7, 11) is 0. The average Bonchev–Trinajstić information content (AvgIpc) is 3.22. The number of hydrogen-bond donors (Lipinski definition) is 2. The minimum absolute atomic E-state index is 0.370. The van der Waals surface area contributed by atoms with Crippen LogP contribution in [0.15, 0.2) is 41.1 Å². The summed E-state index contributed by atoms with van der Waals surface area (Å²) in [6.45, 7) is 3.57. The summed E-state index contributed by atoms with van der Waals surface area (Å²) in [5.41, 5.74) is 0.0399. The third kappa shape index (κ3) is 3.28. The fourth-order valence-corrected chi connectivity index (χ4v) is 3.53. The lowest BCUT2D eigenvalue weighted by Crippen LogP contribution is -2.41. The molecule has 0 bridgehead atoms. The minimum atomic E-state index is -1.15. The SMILES string of the molecule is CCOc1ccccc1NC(=O)CN1C(=O)N[C@@](C)(c2ccsc2)C1=O. The first-order valence-corrected chi connectivity index (χ1v) is 9.08. The normalized spacial score (nSPS) is 19.4. The van der Waals surface area contributed by atoms with Crippen molar-refractivity contribution in [3.8, 4) is 5.75 Å². The Morgan fingerprint density at radius 1 is 1.31 bits per heavy atom. The predicted molar refractivity (Wildman–Crippen MR) is 98.2 cm³/mol. The van der Waals surface area contributed by atoms with Crippen molar-refractivity contribution in [1.29, 1.82) is 0 Å². The summed E-state index contributed by atoms with van der Waals surface area (Å²) in [6, 6.07) is 8.19. The molecule has 1 aromatic heterocycles. The van der Waals surface area contributed by atoms with Gasteiger partial charge in [-0.15, -0.1) is 0 Å². The van der Waals surface area contributed by atoms with Crippen LogP contribution in [0, 0.1) is 0 Å². The number of thiophene rings is 1. The van der Waals surface area contributed by atoms with Crippen LogP contribution in [0.25, 0.3) is 0 Å². The Morgan fingerprint density at radius 3 is 2.77 bits per heavy atom. The molecule has 1 saturated heterocycles. The van der Waals surface area contributed by atoms with E-state index in [4.69, 9.17) is 4.74 Å². The molecule has 1 atom stereocenters. The molecule has 2 aromatic rings. The van der Waals surface area contributed by atoms with Crippen LogP contribution in [0.4, 0.5) is 10.5 Å². The molecule has 2 N–H and O–H groups in total. The Bertz CT molecular complexity index is 837. The number of nitrogens with one attached hydrogen (secondary N) is 2. The Morgan fingerprint density at radius 2 is 2.08 bits per heavy atom. The average molecular weight is 373 g/mol. The number of benzene rings is 1. The van der Waals surface area contributed by atoms with E-state index in [0.717, 1.165) is 4.90 Å². The maximum atomic E-state index is 12.7. The van der Waals surface area contributed by atoms with Gasteiger partial charge in [0, 0.05) is 0 Å². The van der Waals surface area contributed by atoms with Crippen LogP contribution in [-0.4, -0.2) is 35.9 Å². The molecule has 2 heterocycles. The van der Waals surface area contributed by atoms with Crippen molar-refractivity contribution in [2.75, 3.05) is 18.5 Å². The zero-order chi connectivity index (χ0) is 18.7. The summed E-state index contributed by atoms with van der Waals surface area (Å²) < 4.78 is 5.46. The molecule has 3 rings (SSSR count). The van der Waals surface area contributed by atoms with Crippen molar-refractivity contribution in [2.45, 2.75) is 19.4 Å². The van der Waals surface area contributed by atoms with E-state index in [-0.39, 0.29) is 6.54 Å². The van der Waals surface area contributed by atoms with E-state index < -0.39 is 23.4 Å². The second-order valence-electron chi connectivity index (χ2n) is 5.94. The number of nitrogens with zero attached hydrogens (tertiary/aromatic N) is 1. The second kappa shape index (κ2) is 7.17. The molecule has 1 aromatic carbocycles. The number of carbonyl (C=O) groups excluding carboxylic acids is 3. The molecule has 4 amide bonds. The molecule has 7 nitrogen and oxygen atoms in total. The third-order valence-corrected chi connectivity index (χ3v) is 4.82. The van der Waals surface area contributed by atoms with Gasteiger partial charge in [-0.25, -0.2) is 4.79 Å². The molecule has 136 valence electrons. The number of anilines is 1. The summed E-state index contributed by atoms with van der Waals surface area (Å²) in [5.74, 6) is -0.395. The molecule has 0 saturated carbocycles. The van der Waals surface area contributed by atoms with Gasteiger partial charge >= 0.3 is 6.03 Å². The monoisotopic (exact) mass is 373 g/mol. The molecule has 0 unspecified atom stereocenters. The number of ether oxygens (including phenoxy) is 1. The summed E-state index contributed by atoms with van der Waals surface area (Å²) in [6.07, 6.45) is 0. The largest absolute Gasteiger partial charge is 0.492 e. The quantitative estimate of drug-likeness (QED) is 0.762. The van der Waals surface area contributed by atoms with Crippen molar-refractivity contribution >= 4 is 34.9 Å². The highest BCUT2D eigenvalue weighted by Gasteiger charge is 2.49. The van der Waals surface area contributed by atoms with E-state index in [0.29, 0.717) is 23.6 Å². The van der Waals surface area contributed by atoms with Crippen molar-refractivity contribution in [2.24, 2.45) is 0 Å². The van der Waals surface area contributed by atoms with E-state index in [1.807, 2.05) is 12.3 Å². The zero-order valence-corrected chi connectivity index (χ0v) is 15.3. The van der Waals surface area contributed by atoms with Crippen LogP contribution in [0.5, 0.6) is 5.75 Å². The fourth-order valence-electron chi connectivity index (χ4n) is 2.77. The zero-order valence-electron chi connectivity index (χ0n) is 14.4. The molecule has 26 heavy (non-hydrogen) atoms. The smallest absolute Gasteiger partial charge is 0.325 e. The van der Waals surface area contributed by atoms with E-state index in [1.54, 1.807) is 42.6 Å². The van der Waals surface area contributed by atoms with Gasteiger partial charge in [-0.3, -0.25) is 14.5 Å². The van der Waals surface area contributed by atoms with Crippen molar-refractivity contribution < 1.29 is 19.1 Å². The topological polar surface area (TPSA) is 87.7 Å². The number of hydrogen-bond acceptors (Lipinski definition) is 5. The molecule has 0 aliphatic carbocycles. The van der Waals surface area contributed by atoms with Crippen LogP contribution in [0.1, 0.15) is 19.4 Å². The first kappa shape index (κ1) is 17.9. The number of amides is 4. The van der Waals surface area contributed by atoms with Gasteiger partial charge in [-0.2, -0.15) is 11.3 Å². The molecule has 1 aliphatic rings. The lowest BCUT2D eigenvalue weighted by atomic mass is 9.95. The van der Waals surface area contributed by atoms with Crippen LogP contribution in [0.2, 0.25) is 0 Å². The number of imide groups is 1. The van der Waals surface area contributed by atoms with Crippen LogP contribution < -0.4 is 15.4 Å². The number of urea groups is 1. The van der Waals surface area contributed by atoms with Gasteiger partial charge in [0.25, 0.3) is 5.91 Å². The highest BCUT2D eigenvalue weighted by Crippen LogP contribution is 2.30. The van der Waals surface area contributed by atoms with Crippen molar-refractivity contribution in [1.82, 2.24) is 10.2 Å². The van der Waals surface area contributed by atoms with Gasteiger partial charge in [0.05, 0.1) is 12.3 Å². The van der Waals surface area contributed by atoms with Gasteiger partial charge in [0.1, 0.15) is 17.8 Å². The molecule has 8 heteroatoms. The third-order valence-electron chi connectivity index (χ3n) is 4.14. The molecule has 0 spiro atoms. The van der Waals surface area contributed by atoms with Crippen LogP contribution in [-0.2, 0) is 15.1 Å². The molecule has 0 radical (unpaired) electrons. The lowest BCUT2D eigenvalue weighted by molar-refractivity contribution is -0.133. The summed E-state index contributed by atoms with van der Waals surface area (Å²) >= 11 is 1.44. The van der Waals surface area contributed by atoms with E-state index in [1.165, 1.54) is 11.3 Å². The van der Waals surface area contributed by atoms with Crippen LogP contribution >= 0.6 is 11.3 Å². The van der Waals surface area contributed by atoms with Crippen molar-refractivity contribution in [3.63, 3.8) is 0 Å². The summed E-state index contributed by atoms with van der Waals surface area (Å²) in [5, 5.41) is 9.00. The Labute approximate surface area is 155 Å². The van der Waals surface area contributed by atoms with Crippen molar-refractivity contribution in [3.05, 3.63) is 46.7 Å². The first-order valence-electron chi connectivity index (χ1n) is 8.14. The summed E-state index contributed by atoms with van der Waals surface area (Å²) in [4.78, 5) is 38.3. The fraction of sp³-hybridized carbons (Fsp3) is 0.278. The Hall–Kier alpha value is -2.87. The van der Waals surface area contributed by atoms with E-state index in [9.17, 15) is 14.4 Å². The predicted octanol–water partition coefficient (Wildman–Crippen LogP) is 2.55. The molecule has 1 aliphatic heterocycles. The number of para-hydroxylation sites is 2. The standard InChI is InChI=1S/C18H19N3O4S/c1-3-25-14-7-5-4-6-13(14)19-15(22)10-21-16(23)18(2,20-17(21)24)12-8-9-26-11-12/h4-9,11H,3,10H2,1-2H3,(H,19,22)(H,20,24)/t18-/m0/s1. The molecular formula is C18H19N3O4S. The van der Waals surface area contributed by atoms with Gasteiger partial charge in [-0.05, 0) is 48.4 Å².